The maximum atomic E-state index is 12.2. The highest BCUT2D eigenvalue weighted by atomic mass is 17.3. The lowest BCUT2D eigenvalue weighted by atomic mass is 10.1. The molecule has 0 spiro atoms. The molecular formula is C23H38O11. The number of carbonyl (C=O) groups is 3. The minimum Gasteiger partial charge on any atom is -0.291 e. The van der Waals surface area contributed by atoms with Crippen LogP contribution in [-0.2, 0) is 48.7 Å². The Bertz CT molecular complexity index is 654. The normalized spacial score (nSPS) is 13.6. The second-order valence-electron chi connectivity index (χ2n) is 8.75. The fraction of sp³-hybridized carbons (Fsp3) is 0.696. The molecule has 0 N–H and O–H groups in total. The number of hydrogen-bond donors (Lipinski definition) is 0. The van der Waals surface area contributed by atoms with Crippen molar-refractivity contribution < 1.29 is 53.5 Å². The van der Waals surface area contributed by atoms with E-state index in [0.29, 0.717) is 12.8 Å². The van der Waals surface area contributed by atoms with Gasteiger partial charge in [-0.25, -0.2) is 19.6 Å². The molecule has 0 aliphatic rings. The second-order valence-corrected chi connectivity index (χ2v) is 8.75. The van der Waals surface area contributed by atoms with Crippen molar-refractivity contribution in [3.63, 3.8) is 0 Å². The first-order valence-electron chi connectivity index (χ1n) is 10.9. The van der Waals surface area contributed by atoms with Gasteiger partial charge in [0, 0.05) is 11.1 Å². The Kier molecular flexibility index (Phi) is 14.0. The zero-order chi connectivity index (χ0) is 26.5. The van der Waals surface area contributed by atoms with Gasteiger partial charge in [-0.2, -0.15) is 14.6 Å². The van der Waals surface area contributed by atoms with Gasteiger partial charge in [-0.1, -0.05) is 27.0 Å². The van der Waals surface area contributed by atoms with Crippen LogP contribution in [0.3, 0.4) is 0 Å². The third kappa shape index (κ3) is 12.9. The summed E-state index contributed by atoms with van der Waals surface area (Å²) in [7, 11) is 0. The summed E-state index contributed by atoms with van der Waals surface area (Å²) in [6.07, 6.45) is -2.44. The Morgan fingerprint density at radius 2 is 1.03 bits per heavy atom. The lowest BCUT2D eigenvalue weighted by Crippen LogP contribution is -2.29. The Hall–Kier alpha value is -2.15. The minimum absolute atomic E-state index is 0.0406. The standard InChI is InChI=1S/C23H38O11/c1-11-22(7,8)33-27-13-15(3)19(24)17(5)29-31-21(26)32-30-18(6)20(25)16(4)14-28-34-23(9,10)12-2/h17-18H,3-4,11-14H2,1-2,5-10H3. The largest absolute Gasteiger partial charge is 0.573 e. The van der Waals surface area contributed by atoms with Crippen LogP contribution < -0.4 is 0 Å². The predicted octanol–water partition coefficient (Wildman–Crippen LogP) is 4.30. The molecule has 2 unspecified atom stereocenters. The van der Waals surface area contributed by atoms with Crippen molar-refractivity contribution in [3.05, 3.63) is 24.3 Å². The summed E-state index contributed by atoms with van der Waals surface area (Å²) >= 11 is 0. The van der Waals surface area contributed by atoms with E-state index in [2.05, 4.69) is 22.9 Å². The van der Waals surface area contributed by atoms with Crippen molar-refractivity contribution in [2.24, 2.45) is 0 Å². The van der Waals surface area contributed by atoms with Crippen molar-refractivity contribution in [1.82, 2.24) is 0 Å². The van der Waals surface area contributed by atoms with E-state index < -0.39 is 41.1 Å². The zero-order valence-corrected chi connectivity index (χ0v) is 21.4. The molecule has 0 heterocycles. The molecule has 0 aromatic heterocycles. The molecule has 0 saturated heterocycles. The first-order chi connectivity index (χ1) is 15.7. The summed E-state index contributed by atoms with van der Waals surface area (Å²) in [6, 6.07) is 0. The van der Waals surface area contributed by atoms with Crippen LogP contribution in [0.4, 0.5) is 4.79 Å². The molecule has 11 heteroatoms. The molecule has 0 amide bonds. The SMILES string of the molecule is C=C(COOC(C)(C)CC)C(=O)C(C)OOC(=O)OOC(C)C(=O)C(=C)COOC(C)(C)CC. The van der Waals surface area contributed by atoms with Crippen molar-refractivity contribution in [3.8, 4) is 0 Å². The molecule has 0 saturated carbocycles. The predicted molar refractivity (Wildman–Crippen MR) is 120 cm³/mol. The van der Waals surface area contributed by atoms with Crippen LogP contribution in [0, 0.1) is 0 Å². The van der Waals surface area contributed by atoms with Gasteiger partial charge in [-0.3, -0.25) is 19.4 Å². The van der Waals surface area contributed by atoms with Gasteiger partial charge in [-0.05, 0) is 54.4 Å². The molecule has 34 heavy (non-hydrogen) atoms. The molecule has 0 rings (SSSR count). The number of Topliss-reactive ketones (excluding diaryl/α,β-unsaturated/α-hetero) is 2. The molecule has 0 radical (unpaired) electrons. The maximum Gasteiger partial charge on any atom is 0.573 e. The molecule has 0 aromatic rings. The van der Waals surface area contributed by atoms with Crippen LogP contribution in [-0.4, -0.2) is 54.3 Å². The van der Waals surface area contributed by atoms with Crippen molar-refractivity contribution >= 4 is 17.7 Å². The number of ketones is 2. The van der Waals surface area contributed by atoms with E-state index >= 15 is 0 Å². The Morgan fingerprint density at radius 3 is 1.32 bits per heavy atom. The number of hydrogen-bond acceptors (Lipinski definition) is 11. The van der Waals surface area contributed by atoms with Gasteiger partial charge < -0.3 is 0 Å². The maximum absolute atomic E-state index is 12.2. The second kappa shape index (κ2) is 15.0. The van der Waals surface area contributed by atoms with Crippen molar-refractivity contribution in [1.29, 1.82) is 0 Å². The smallest absolute Gasteiger partial charge is 0.291 e. The Morgan fingerprint density at radius 1 is 0.706 bits per heavy atom. The molecule has 2 atom stereocenters. The Labute approximate surface area is 200 Å². The lowest BCUT2D eigenvalue weighted by molar-refractivity contribution is -0.349. The highest BCUT2D eigenvalue weighted by molar-refractivity contribution is 5.98. The van der Waals surface area contributed by atoms with Gasteiger partial charge in [-0.15, -0.1) is 0 Å². The van der Waals surface area contributed by atoms with Crippen LogP contribution >= 0.6 is 0 Å². The number of carbonyl (C=O) groups excluding carboxylic acids is 3. The van der Waals surface area contributed by atoms with E-state index in [4.69, 9.17) is 29.3 Å². The summed E-state index contributed by atoms with van der Waals surface area (Å²) in [5.41, 5.74) is -0.955. The van der Waals surface area contributed by atoms with E-state index in [0.717, 1.165) is 0 Å². The molecule has 11 nitrogen and oxygen atoms in total. The Balaban J connectivity index is 4.30. The van der Waals surface area contributed by atoms with Crippen LogP contribution in [0.15, 0.2) is 24.3 Å². The average molecular weight is 491 g/mol. The van der Waals surface area contributed by atoms with Gasteiger partial charge in [0.15, 0.2) is 23.8 Å². The fourth-order valence-electron chi connectivity index (χ4n) is 1.68. The van der Waals surface area contributed by atoms with Crippen LogP contribution in [0.2, 0.25) is 0 Å². The summed E-state index contributed by atoms with van der Waals surface area (Å²) in [6.45, 7) is 20.6. The molecule has 0 aliphatic heterocycles. The third-order valence-corrected chi connectivity index (χ3v) is 4.69. The molecular weight excluding hydrogens is 452 g/mol. The monoisotopic (exact) mass is 490 g/mol. The summed E-state index contributed by atoms with van der Waals surface area (Å²) in [5, 5.41) is 0. The minimum atomic E-state index is -1.43. The van der Waals surface area contributed by atoms with Crippen LogP contribution in [0.25, 0.3) is 0 Å². The van der Waals surface area contributed by atoms with Crippen molar-refractivity contribution in [2.75, 3.05) is 13.2 Å². The summed E-state index contributed by atoms with van der Waals surface area (Å²) < 4.78 is 0. The first kappa shape index (κ1) is 31.9. The zero-order valence-electron chi connectivity index (χ0n) is 21.4. The molecule has 0 aromatic carbocycles. The highest BCUT2D eigenvalue weighted by Gasteiger charge is 2.25. The first-order valence-corrected chi connectivity index (χ1v) is 10.9. The van der Waals surface area contributed by atoms with Gasteiger partial charge in [0.2, 0.25) is 0 Å². The van der Waals surface area contributed by atoms with Crippen LogP contribution in [0.5, 0.6) is 0 Å². The summed E-state index contributed by atoms with van der Waals surface area (Å²) in [4.78, 5) is 74.5. The lowest BCUT2D eigenvalue weighted by Gasteiger charge is -2.21. The van der Waals surface area contributed by atoms with E-state index in [1.165, 1.54) is 13.8 Å². The van der Waals surface area contributed by atoms with Crippen molar-refractivity contribution in [2.45, 2.75) is 91.6 Å². The van der Waals surface area contributed by atoms with E-state index in [-0.39, 0.29) is 24.4 Å². The topological polar surface area (TPSA) is 125 Å². The molecule has 196 valence electrons. The summed E-state index contributed by atoms with van der Waals surface area (Å²) in [5.74, 6) is -1.17. The van der Waals surface area contributed by atoms with Gasteiger partial charge in [0.1, 0.15) is 13.2 Å². The number of rotatable bonds is 18. The average Bonchev–Trinajstić information content (AvgIpc) is 2.79. The molecule has 0 fully saturated rings. The van der Waals surface area contributed by atoms with Gasteiger partial charge in [0.05, 0.1) is 11.2 Å². The van der Waals surface area contributed by atoms with E-state index in [1.54, 1.807) is 0 Å². The van der Waals surface area contributed by atoms with E-state index in [9.17, 15) is 14.4 Å². The van der Waals surface area contributed by atoms with Gasteiger partial charge in [0.25, 0.3) is 0 Å². The van der Waals surface area contributed by atoms with E-state index in [1.807, 2.05) is 41.5 Å². The highest BCUT2D eigenvalue weighted by Crippen LogP contribution is 2.16. The molecule has 0 bridgehead atoms. The van der Waals surface area contributed by atoms with Gasteiger partial charge >= 0.3 is 6.16 Å². The molecule has 0 aliphatic carbocycles. The fourth-order valence-corrected chi connectivity index (χ4v) is 1.68. The van der Waals surface area contributed by atoms with Crippen LogP contribution in [0.1, 0.15) is 68.2 Å². The third-order valence-electron chi connectivity index (χ3n) is 4.69. The quantitative estimate of drug-likeness (QED) is 0.155.